The van der Waals surface area contributed by atoms with Crippen LogP contribution in [0.2, 0.25) is 0 Å². The predicted octanol–water partition coefficient (Wildman–Crippen LogP) is 2.39. The molecule has 2 amide bonds. The van der Waals surface area contributed by atoms with Crippen LogP contribution in [0.5, 0.6) is 0 Å². The zero-order chi connectivity index (χ0) is 18.0. The first-order valence-corrected chi connectivity index (χ1v) is 9.16. The highest BCUT2D eigenvalue weighted by atomic mass is 16.5. The van der Waals surface area contributed by atoms with Gasteiger partial charge in [-0.15, -0.1) is 0 Å². The van der Waals surface area contributed by atoms with Gasteiger partial charge in [0.25, 0.3) is 5.91 Å². The molecule has 0 saturated carbocycles. The normalized spacial score (nSPS) is 23.7. The fraction of sp³-hybridized carbons (Fsp3) is 0.684. The average Bonchev–Trinajstić information content (AvgIpc) is 2.94. The van der Waals surface area contributed by atoms with Gasteiger partial charge in [0.1, 0.15) is 11.5 Å². The molecule has 2 saturated heterocycles. The third-order valence-electron chi connectivity index (χ3n) is 5.45. The first kappa shape index (κ1) is 18.0. The first-order chi connectivity index (χ1) is 12.0. The lowest BCUT2D eigenvalue weighted by atomic mass is 9.83. The van der Waals surface area contributed by atoms with Crippen LogP contribution < -0.4 is 0 Å². The number of furan rings is 1. The van der Waals surface area contributed by atoms with E-state index in [1.165, 1.54) is 0 Å². The van der Waals surface area contributed by atoms with Crippen molar-refractivity contribution in [2.75, 3.05) is 33.4 Å². The number of carbonyl (C=O) groups is 2. The van der Waals surface area contributed by atoms with Crippen molar-refractivity contribution in [3.63, 3.8) is 0 Å². The molecule has 0 N–H and O–H groups in total. The van der Waals surface area contributed by atoms with Gasteiger partial charge < -0.3 is 19.0 Å². The molecule has 0 aromatic carbocycles. The van der Waals surface area contributed by atoms with E-state index in [0.29, 0.717) is 36.8 Å². The molecule has 6 nitrogen and oxygen atoms in total. The van der Waals surface area contributed by atoms with Crippen molar-refractivity contribution >= 4 is 11.8 Å². The standard InChI is InChI=1S/C19H28N2O4/c1-13-11-16(14(2)25-13)19(23)20-9-7-17-15(12-20)5-6-18(22)21(17)8-4-10-24-3/h11,15,17H,4-10,12H2,1-3H3/t15-,17+/m0/s1. The Labute approximate surface area is 149 Å². The summed E-state index contributed by atoms with van der Waals surface area (Å²) in [6.07, 6.45) is 3.17. The SMILES string of the molecule is COCCCN1C(=O)CC[C@H]2CN(C(=O)c3cc(C)oc3C)CC[C@H]21. The van der Waals surface area contributed by atoms with Crippen LogP contribution in [-0.4, -0.2) is 61.0 Å². The Morgan fingerprint density at radius 1 is 1.36 bits per heavy atom. The zero-order valence-electron chi connectivity index (χ0n) is 15.4. The fourth-order valence-corrected chi connectivity index (χ4v) is 4.22. The number of fused-ring (bicyclic) bond motifs is 1. The second-order valence-corrected chi connectivity index (χ2v) is 7.17. The molecule has 0 radical (unpaired) electrons. The van der Waals surface area contributed by atoms with E-state index in [2.05, 4.69) is 0 Å². The molecule has 25 heavy (non-hydrogen) atoms. The summed E-state index contributed by atoms with van der Waals surface area (Å²) in [7, 11) is 1.69. The Morgan fingerprint density at radius 2 is 2.16 bits per heavy atom. The van der Waals surface area contributed by atoms with Gasteiger partial charge in [0, 0.05) is 45.8 Å². The maximum absolute atomic E-state index is 12.8. The van der Waals surface area contributed by atoms with Gasteiger partial charge in [-0.2, -0.15) is 0 Å². The molecule has 138 valence electrons. The Bertz CT molecular complexity index is 639. The van der Waals surface area contributed by atoms with Crippen LogP contribution >= 0.6 is 0 Å². The smallest absolute Gasteiger partial charge is 0.257 e. The Kier molecular flexibility index (Phi) is 5.47. The summed E-state index contributed by atoms with van der Waals surface area (Å²) < 4.78 is 10.6. The molecule has 0 unspecified atom stereocenters. The number of hydrogen-bond donors (Lipinski definition) is 0. The number of rotatable bonds is 5. The van der Waals surface area contributed by atoms with Crippen molar-refractivity contribution in [3.8, 4) is 0 Å². The summed E-state index contributed by atoms with van der Waals surface area (Å²) in [6.45, 7) is 6.54. The molecule has 2 fully saturated rings. The van der Waals surface area contributed by atoms with Gasteiger partial charge in [-0.1, -0.05) is 0 Å². The summed E-state index contributed by atoms with van der Waals surface area (Å²) >= 11 is 0. The molecular formula is C19H28N2O4. The van der Waals surface area contributed by atoms with Crippen molar-refractivity contribution in [1.29, 1.82) is 0 Å². The van der Waals surface area contributed by atoms with Gasteiger partial charge in [-0.3, -0.25) is 9.59 Å². The van der Waals surface area contributed by atoms with Crippen molar-refractivity contribution in [3.05, 3.63) is 23.2 Å². The molecule has 1 aromatic rings. The van der Waals surface area contributed by atoms with Crippen molar-refractivity contribution in [2.45, 2.75) is 45.6 Å². The van der Waals surface area contributed by atoms with Gasteiger partial charge in [0.2, 0.25) is 5.91 Å². The van der Waals surface area contributed by atoms with E-state index in [1.807, 2.05) is 29.7 Å². The van der Waals surface area contributed by atoms with Crippen molar-refractivity contribution in [2.24, 2.45) is 5.92 Å². The number of piperidine rings is 2. The molecule has 0 aliphatic carbocycles. The summed E-state index contributed by atoms with van der Waals surface area (Å²) in [4.78, 5) is 29.1. The molecule has 3 heterocycles. The van der Waals surface area contributed by atoms with Crippen LogP contribution in [0.4, 0.5) is 0 Å². The Balaban J connectivity index is 1.66. The second-order valence-electron chi connectivity index (χ2n) is 7.17. The maximum Gasteiger partial charge on any atom is 0.257 e. The van der Waals surface area contributed by atoms with E-state index in [-0.39, 0.29) is 17.9 Å². The number of nitrogens with zero attached hydrogens (tertiary/aromatic N) is 2. The number of likely N-dealkylation sites (tertiary alicyclic amines) is 2. The van der Waals surface area contributed by atoms with Gasteiger partial charge in [0.05, 0.1) is 5.56 Å². The summed E-state index contributed by atoms with van der Waals surface area (Å²) in [6, 6.07) is 2.08. The topological polar surface area (TPSA) is 63.0 Å². The minimum atomic E-state index is 0.0515. The van der Waals surface area contributed by atoms with Crippen LogP contribution in [-0.2, 0) is 9.53 Å². The predicted molar refractivity (Wildman–Crippen MR) is 93.4 cm³/mol. The lowest BCUT2D eigenvalue weighted by Gasteiger charge is -2.47. The molecule has 0 bridgehead atoms. The highest BCUT2D eigenvalue weighted by molar-refractivity contribution is 5.95. The van der Waals surface area contributed by atoms with Crippen molar-refractivity contribution in [1.82, 2.24) is 9.80 Å². The van der Waals surface area contributed by atoms with E-state index >= 15 is 0 Å². The van der Waals surface area contributed by atoms with Crippen LogP contribution in [0.1, 0.15) is 47.6 Å². The number of hydrogen-bond acceptors (Lipinski definition) is 4. The number of ether oxygens (including phenoxy) is 1. The molecule has 1 aromatic heterocycles. The quantitative estimate of drug-likeness (QED) is 0.767. The molecule has 2 aliphatic rings. The number of carbonyl (C=O) groups excluding carboxylic acids is 2. The van der Waals surface area contributed by atoms with E-state index in [4.69, 9.17) is 9.15 Å². The van der Waals surface area contributed by atoms with Gasteiger partial charge in [0.15, 0.2) is 0 Å². The maximum atomic E-state index is 12.8. The lowest BCUT2D eigenvalue weighted by Crippen LogP contribution is -2.57. The zero-order valence-corrected chi connectivity index (χ0v) is 15.4. The molecule has 3 rings (SSSR count). The van der Waals surface area contributed by atoms with E-state index in [0.717, 1.165) is 38.1 Å². The minimum Gasteiger partial charge on any atom is -0.466 e. The molecule has 6 heteroatoms. The summed E-state index contributed by atoms with van der Waals surface area (Å²) in [5, 5.41) is 0. The number of aryl methyl sites for hydroxylation is 2. The van der Waals surface area contributed by atoms with Crippen LogP contribution in [0.15, 0.2) is 10.5 Å². The van der Waals surface area contributed by atoms with Crippen LogP contribution in [0.3, 0.4) is 0 Å². The molecular weight excluding hydrogens is 320 g/mol. The Hall–Kier alpha value is -1.82. The van der Waals surface area contributed by atoms with E-state index < -0.39 is 0 Å². The average molecular weight is 348 g/mol. The minimum absolute atomic E-state index is 0.0515. The summed E-state index contributed by atoms with van der Waals surface area (Å²) in [5.41, 5.74) is 0.666. The number of methoxy groups -OCH3 is 1. The summed E-state index contributed by atoms with van der Waals surface area (Å²) in [5.74, 6) is 2.12. The highest BCUT2D eigenvalue weighted by Gasteiger charge is 2.40. The second kappa shape index (κ2) is 7.60. The van der Waals surface area contributed by atoms with E-state index in [1.54, 1.807) is 7.11 Å². The lowest BCUT2D eigenvalue weighted by molar-refractivity contribution is -0.140. The monoisotopic (exact) mass is 348 g/mol. The van der Waals surface area contributed by atoms with Gasteiger partial charge in [-0.25, -0.2) is 0 Å². The van der Waals surface area contributed by atoms with Crippen molar-refractivity contribution < 1.29 is 18.7 Å². The highest BCUT2D eigenvalue weighted by Crippen LogP contribution is 2.32. The largest absolute Gasteiger partial charge is 0.466 e. The van der Waals surface area contributed by atoms with Gasteiger partial charge in [-0.05, 0) is 45.1 Å². The molecule has 2 aliphatic heterocycles. The third kappa shape index (κ3) is 3.73. The van der Waals surface area contributed by atoms with Crippen LogP contribution in [0, 0.1) is 19.8 Å². The third-order valence-corrected chi connectivity index (χ3v) is 5.45. The molecule has 2 atom stereocenters. The molecule has 0 spiro atoms. The van der Waals surface area contributed by atoms with E-state index in [9.17, 15) is 9.59 Å². The number of amides is 2. The van der Waals surface area contributed by atoms with Crippen LogP contribution in [0.25, 0.3) is 0 Å². The Morgan fingerprint density at radius 3 is 2.84 bits per heavy atom. The van der Waals surface area contributed by atoms with Gasteiger partial charge >= 0.3 is 0 Å². The first-order valence-electron chi connectivity index (χ1n) is 9.16. The fourth-order valence-electron chi connectivity index (χ4n) is 4.22.